The van der Waals surface area contributed by atoms with Crippen LogP contribution in [0.25, 0.3) is 10.9 Å². The maximum atomic E-state index is 12.7. The first kappa shape index (κ1) is 25.5. The Kier molecular flexibility index (Phi) is 8.33. The van der Waals surface area contributed by atoms with Crippen molar-refractivity contribution in [2.45, 2.75) is 44.5 Å². The molecule has 3 N–H and O–H groups in total. The van der Waals surface area contributed by atoms with E-state index in [-0.39, 0.29) is 5.75 Å². The van der Waals surface area contributed by atoms with E-state index in [1.165, 1.54) is 6.07 Å². The van der Waals surface area contributed by atoms with Gasteiger partial charge >= 0.3 is 6.36 Å². The molecule has 188 valence electrons. The third kappa shape index (κ3) is 7.20. The Balaban J connectivity index is 1.23. The van der Waals surface area contributed by atoms with Gasteiger partial charge in [-0.3, -0.25) is 0 Å². The molecule has 10 heteroatoms. The number of benzene rings is 2. The predicted molar refractivity (Wildman–Crippen MR) is 136 cm³/mol. The lowest BCUT2D eigenvalue weighted by molar-refractivity contribution is -0.274. The second-order valence-corrected chi connectivity index (χ2v) is 9.69. The maximum absolute atomic E-state index is 12.7. The van der Waals surface area contributed by atoms with Gasteiger partial charge in [-0.25, -0.2) is 4.98 Å². The molecule has 0 atom stereocenters. The lowest BCUT2D eigenvalue weighted by Gasteiger charge is -2.29. The van der Waals surface area contributed by atoms with E-state index in [2.05, 4.69) is 46.6 Å². The van der Waals surface area contributed by atoms with Crippen LogP contribution in [-0.2, 0) is 6.42 Å². The van der Waals surface area contributed by atoms with Gasteiger partial charge in [0.15, 0.2) is 0 Å². The molecule has 3 aromatic rings. The van der Waals surface area contributed by atoms with Crippen molar-refractivity contribution in [1.82, 2.24) is 15.3 Å². The molecular formula is C25H29BrF3N5O. The Bertz CT molecular complexity index is 1140. The first-order chi connectivity index (χ1) is 16.8. The first-order valence-electron chi connectivity index (χ1n) is 11.8. The molecule has 2 aromatic carbocycles. The van der Waals surface area contributed by atoms with E-state index in [4.69, 9.17) is 0 Å². The normalized spacial score (nSPS) is 18.4. The molecule has 0 aliphatic heterocycles. The average molecular weight is 552 g/mol. The van der Waals surface area contributed by atoms with Gasteiger partial charge in [0.05, 0.1) is 5.52 Å². The molecule has 1 aliphatic rings. The van der Waals surface area contributed by atoms with E-state index in [1.807, 2.05) is 31.3 Å². The second-order valence-electron chi connectivity index (χ2n) is 8.78. The van der Waals surface area contributed by atoms with Gasteiger partial charge < -0.3 is 20.7 Å². The minimum atomic E-state index is -4.71. The Hall–Kier alpha value is -2.59. The van der Waals surface area contributed by atoms with Crippen LogP contribution in [0.3, 0.4) is 0 Å². The summed E-state index contributed by atoms with van der Waals surface area (Å²) in [5.74, 6) is 1.83. The van der Waals surface area contributed by atoms with Gasteiger partial charge in [-0.1, -0.05) is 34.1 Å². The van der Waals surface area contributed by atoms with Crippen molar-refractivity contribution in [1.29, 1.82) is 0 Å². The van der Waals surface area contributed by atoms with Crippen LogP contribution in [0, 0.1) is 5.92 Å². The van der Waals surface area contributed by atoms with Gasteiger partial charge in [-0.05, 0) is 80.9 Å². The summed E-state index contributed by atoms with van der Waals surface area (Å²) in [6.45, 7) is 1.43. The molecule has 4 rings (SSSR count). The quantitative estimate of drug-likeness (QED) is 0.278. The number of ether oxygens (including phenoxy) is 1. The molecule has 0 amide bonds. The van der Waals surface area contributed by atoms with Gasteiger partial charge in [0.1, 0.15) is 11.6 Å². The summed E-state index contributed by atoms with van der Waals surface area (Å²) in [6.07, 6.45) is -0.0675. The molecule has 1 aromatic heterocycles. The van der Waals surface area contributed by atoms with Crippen molar-refractivity contribution >= 4 is 38.6 Å². The molecule has 0 saturated heterocycles. The average Bonchev–Trinajstić information content (AvgIpc) is 2.82. The summed E-state index contributed by atoms with van der Waals surface area (Å²) in [4.78, 5) is 9.29. The van der Waals surface area contributed by atoms with Gasteiger partial charge in [0.25, 0.3) is 0 Å². The number of alkyl halides is 3. The molecule has 0 unspecified atom stereocenters. The van der Waals surface area contributed by atoms with E-state index in [0.29, 0.717) is 40.9 Å². The number of rotatable bonds is 9. The fourth-order valence-electron chi connectivity index (χ4n) is 4.51. The summed E-state index contributed by atoms with van der Waals surface area (Å²) in [5.41, 5.74) is 1.43. The monoisotopic (exact) mass is 551 g/mol. The smallest absolute Gasteiger partial charge is 0.405 e. The summed E-state index contributed by atoms with van der Waals surface area (Å²) < 4.78 is 42.8. The number of hydrogen-bond acceptors (Lipinski definition) is 6. The fraction of sp³-hybridized carbons (Fsp3) is 0.440. The minimum absolute atomic E-state index is 0.155. The zero-order valence-corrected chi connectivity index (χ0v) is 21.0. The summed E-state index contributed by atoms with van der Waals surface area (Å²) in [5, 5.41) is 11.0. The van der Waals surface area contributed by atoms with Crippen LogP contribution in [0.5, 0.6) is 5.75 Å². The van der Waals surface area contributed by atoms with Crippen LogP contribution >= 0.6 is 15.9 Å². The highest BCUT2D eigenvalue weighted by Gasteiger charge is 2.32. The third-order valence-corrected chi connectivity index (χ3v) is 6.77. The molecule has 35 heavy (non-hydrogen) atoms. The number of nitrogens with one attached hydrogen (secondary N) is 3. The van der Waals surface area contributed by atoms with Crippen molar-refractivity contribution in [3.8, 4) is 5.75 Å². The fourth-order valence-corrected chi connectivity index (χ4v) is 4.85. The lowest BCUT2D eigenvalue weighted by Crippen LogP contribution is -2.32. The molecule has 0 radical (unpaired) electrons. The largest absolute Gasteiger partial charge is 0.573 e. The van der Waals surface area contributed by atoms with Crippen LogP contribution in [-0.4, -0.2) is 42.5 Å². The van der Waals surface area contributed by atoms with Crippen LogP contribution in [0.2, 0.25) is 0 Å². The van der Waals surface area contributed by atoms with Gasteiger partial charge in [-0.15, -0.1) is 13.2 Å². The third-order valence-electron chi connectivity index (χ3n) is 6.28. The van der Waals surface area contributed by atoms with Crippen molar-refractivity contribution in [2.75, 3.05) is 30.8 Å². The summed E-state index contributed by atoms with van der Waals surface area (Å²) >= 11 is 3.20. The van der Waals surface area contributed by atoms with Gasteiger partial charge in [-0.2, -0.15) is 4.98 Å². The topological polar surface area (TPSA) is 71.1 Å². The summed E-state index contributed by atoms with van der Waals surface area (Å²) in [7, 11) is 1.86. The molecule has 1 heterocycles. The molecule has 1 aliphatic carbocycles. The van der Waals surface area contributed by atoms with Crippen molar-refractivity contribution < 1.29 is 17.9 Å². The Morgan fingerprint density at radius 2 is 1.83 bits per heavy atom. The molecule has 6 nitrogen and oxygen atoms in total. The van der Waals surface area contributed by atoms with Crippen LogP contribution in [0.4, 0.5) is 24.9 Å². The number of aromatic nitrogens is 2. The Labute approximate surface area is 211 Å². The number of anilines is 2. The SMILES string of the molecule is CNc1nc(N[C@H]2CC[C@@H](CNCCc3ccc(Br)cc3OC(F)(F)F)CC2)nc2ccccc12. The number of nitrogens with zero attached hydrogens (tertiary/aromatic N) is 2. The molecule has 1 saturated carbocycles. The predicted octanol–water partition coefficient (Wildman–Crippen LogP) is 6.14. The van der Waals surface area contributed by atoms with Crippen LogP contribution in [0.15, 0.2) is 46.9 Å². The summed E-state index contributed by atoms with van der Waals surface area (Å²) in [6, 6.07) is 13.0. The molecule has 0 spiro atoms. The van der Waals surface area contributed by atoms with Gasteiger partial charge in [0.2, 0.25) is 5.95 Å². The molecular weight excluding hydrogens is 523 g/mol. The highest BCUT2D eigenvalue weighted by atomic mass is 79.9. The number of hydrogen-bond donors (Lipinski definition) is 3. The Morgan fingerprint density at radius 3 is 2.57 bits per heavy atom. The standard InChI is InChI=1S/C25H29BrF3N5O/c1-30-23-20-4-2-3-5-21(20)33-24(34-23)32-19-10-6-16(7-11-19)15-31-13-12-17-8-9-18(26)14-22(17)35-25(27,28)29/h2-5,8-9,14,16,19,31H,6-7,10-13,15H2,1H3,(H2,30,32,33,34)/t16-,19+. The molecule has 1 fully saturated rings. The van der Waals surface area contributed by atoms with E-state index in [1.54, 1.807) is 12.1 Å². The number of halogens is 4. The number of para-hydroxylation sites is 1. The van der Waals surface area contributed by atoms with Crippen molar-refractivity contribution in [3.05, 3.63) is 52.5 Å². The van der Waals surface area contributed by atoms with E-state index >= 15 is 0 Å². The van der Waals surface area contributed by atoms with Crippen molar-refractivity contribution in [3.63, 3.8) is 0 Å². The van der Waals surface area contributed by atoms with E-state index in [0.717, 1.165) is 48.9 Å². The number of fused-ring (bicyclic) bond motifs is 1. The highest BCUT2D eigenvalue weighted by Crippen LogP contribution is 2.30. The van der Waals surface area contributed by atoms with E-state index < -0.39 is 6.36 Å². The van der Waals surface area contributed by atoms with E-state index in [9.17, 15) is 13.2 Å². The zero-order valence-electron chi connectivity index (χ0n) is 19.5. The molecule has 0 bridgehead atoms. The van der Waals surface area contributed by atoms with Crippen molar-refractivity contribution in [2.24, 2.45) is 5.92 Å². The Morgan fingerprint density at radius 1 is 1.06 bits per heavy atom. The van der Waals surface area contributed by atoms with Crippen LogP contribution < -0.4 is 20.7 Å². The highest BCUT2D eigenvalue weighted by molar-refractivity contribution is 9.10. The van der Waals surface area contributed by atoms with Gasteiger partial charge in [0, 0.05) is 22.9 Å². The first-order valence-corrected chi connectivity index (χ1v) is 12.6. The lowest BCUT2D eigenvalue weighted by atomic mass is 9.86. The zero-order chi connectivity index (χ0) is 24.8. The van der Waals surface area contributed by atoms with Crippen LogP contribution in [0.1, 0.15) is 31.2 Å². The minimum Gasteiger partial charge on any atom is -0.405 e. The maximum Gasteiger partial charge on any atom is 0.573 e. The second kappa shape index (κ2) is 11.4.